The molecule has 76 valence electrons. The first-order chi connectivity index (χ1) is 7.18. The number of hydrogen-bond acceptors (Lipinski definition) is 3. The molecule has 2 aromatic heterocycles. The van der Waals surface area contributed by atoms with Crippen LogP contribution in [0.2, 0.25) is 5.15 Å². The van der Waals surface area contributed by atoms with Crippen LogP contribution in [0.5, 0.6) is 0 Å². The summed E-state index contributed by atoms with van der Waals surface area (Å²) in [6.07, 6.45) is 2.61. The molecule has 3 nitrogen and oxygen atoms in total. The maximum absolute atomic E-state index is 13.4. The van der Waals surface area contributed by atoms with E-state index in [4.69, 9.17) is 23.8 Å². The predicted molar refractivity (Wildman–Crippen MR) is 57.6 cm³/mol. The average Bonchev–Trinajstić information content (AvgIpc) is 2.23. The van der Waals surface area contributed by atoms with Crippen LogP contribution in [0.1, 0.15) is 0 Å². The fourth-order valence-corrected chi connectivity index (χ4v) is 1.54. The number of rotatable bonds is 1. The molecule has 6 heteroatoms. The van der Waals surface area contributed by atoms with Crippen LogP contribution in [0, 0.1) is 10.5 Å². The molecule has 0 aliphatic heterocycles. The highest BCUT2D eigenvalue weighted by atomic mass is 35.5. The summed E-state index contributed by atoms with van der Waals surface area (Å²) >= 11 is 10.7. The van der Waals surface area contributed by atoms with Crippen LogP contribution in [0.3, 0.4) is 0 Å². The maximum Gasteiger partial charge on any atom is 0.150 e. The highest BCUT2D eigenvalue weighted by Crippen LogP contribution is 2.23. The van der Waals surface area contributed by atoms with E-state index in [2.05, 4.69) is 15.2 Å². The van der Waals surface area contributed by atoms with Crippen molar-refractivity contribution in [2.24, 2.45) is 0 Å². The number of nitrogens with zero attached hydrogens (tertiary/aromatic N) is 2. The van der Waals surface area contributed by atoms with Gasteiger partial charge in [-0.15, -0.1) is 0 Å². The fraction of sp³-hybridized carbons (Fsp3) is 0. The molecule has 1 N–H and O–H groups in total. The van der Waals surface area contributed by atoms with Gasteiger partial charge < -0.3 is 0 Å². The van der Waals surface area contributed by atoms with Gasteiger partial charge in [0.25, 0.3) is 0 Å². The van der Waals surface area contributed by atoms with Crippen molar-refractivity contribution in [3.63, 3.8) is 0 Å². The maximum atomic E-state index is 13.4. The Hall–Kier alpha value is -1.33. The minimum absolute atomic E-state index is 0.231. The molecule has 15 heavy (non-hydrogen) atoms. The van der Waals surface area contributed by atoms with Crippen LogP contribution in [-0.2, 0) is 0 Å². The van der Waals surface area contributed by atoms with Gasteiger partial charge in [0.2, 0.25) is 0 Å². The normalized spacial score (nSPS) is 10.3. The summed E-state index contributed by atoms with van der Waals surface area (Å²) in [5.74, 6) is -0.445. The van der Waals surface area contributed by atoms with Crippen molar-refractivity contribution in [2.45, 2.75) is 0 Å². The average molecular weight is 242 g/mol. The topological polar surface area (TPSA) is 41.6 Å². The Bertz CT molecular complexity index is 555. The first kappa shape index (κ1) is 10.2. The van der Waals surface area contributed by atoms with Gasteiger partial charge in [-0.3, -0.25) is 10.1 Å². The van der Waals surface area contributed by atoms with Crippen molar-refractivity contribution in [1.29, 1.82) is 0 Å². The van der Waals surface area contributed by atoms with Gasteiger partial charge in [0.1, 0.15) is 15.6 Å². The molecule has 0 aliphatic carbocycles. The molecule has 0 spiro atoms. The molecule has 0 saturated heterocycles. The van der Waals surface area contributed by atoms with Gasteiger partial charge in [0.05, 0.1) is 6.20 Å². The SMILES string of the molecule is Fc1cnccc1-c1cc(Cl)n[nH]c1=S. The zero-order valence-corrected chi connectivity index (χ0v) is 8.94. The smallest absolute Gasteiger partial charge is 0.150 e. The van der Waals surface area contributed by atoms with Crippen LogP contribution in [0.4, 0.5) is 4.39 Å². The summed E-state index contributed by atoms with van der Waals surface area (Å²) < 4.78 is 13.7. The van der Waals surface area contributed by atoms with Gasteiger partial charge in [0.15, 0.2) is 0 Å². The molecule has 0 unspecified atom stereocenters. The monoisotopic (exact) mass is 241 g/mol. The number of pyridine rings is 1. The summed E-state index contributed by atoms with van der Waals surface area (Å²) in [5.41, 5.74) is 0.862. The number of halogens is 2. The van der Waals surface area contributed by atoms with Crippen molar-refractivity contribution < 1.29 is 4.39 Å². The summed E-state index contributed by atoms with van der Waals surface area (Å²) in [6, 6.07) is 3.05. The van der Waals surface area contributed by atoms with Gasteiger partial charge in [-0.2, -0.15) is 5.10 Å². The van der Waals surface area contributed by atoms with Gasteiger partial charge in [0, 0.05) is 17.3 Å². The molecule has 0 saturated carbocycles. The van der Waals surface area contributed by atoms with Crippen LogP contribution in [-0.4, -0.2) is 15.2 Å². The lowest BCUT2D eigenvalue weighted by Gasteiger charge is -2.02. The van der Waals surface area contributed by atoms with E-state index >= 15 is 0 Å². The van der Waals surface area contributed by atoms with E-state index in [1.165, 1.54) is 18.3 Å². The van der Waals surface area contributed by atoms with Gasteiger partial charge >= 0.3 is 0 Å². The molecule has 0 radical (unpaired) electrons. The number of nitrogens with one attached hydrogen (secondary N) is 1. The van der Waals surface area contributed by atoms with Gasteiger partial charge in [-0.05, 0) is 12.1 Å². The lowest BCUT2D eigenvalue weighted by atomic mass is 10.1. The van der Waals surface area contributed by atoms with Crippen LogP contribution < -0.4 is 0 Å². The van der Waals surface area contributed by atoms with Crippen LogP contribution in [0.15, 0.2) is 24.5 Å². The summed E-state index contributed by atoms with van der Waals surface area (Å²) in [5, 5.41) is 6.46. The summed E-state index contributed by atoms with van der Waals surface area (Å²) in [6.45, 7) is 0. The standard InChI is InChI=1S/C9H5ClFN3S/c10-8-3-6(9(15)14-13-8)5-1-2-12-4-7(5)11/h1-4H,(H,14,15). The highest BCUT2D eigenvalue weighted by Gasteiger charge is 2.07. The Morgan fingerprint density at radius 3 is 2.93 bits per heavy atom. The van der Waals surface area contributed by atoms with Crippen molar-refractivity contribution in [3.05, 3.63) is 40.1 Å². The molecule has 0 bridgehead atoms. The third kappa shape index (κ3) is 2.03. The lowest BCUT2D eigenvalue weighted by molar-refractivity contribution is 0.625. The lowest BCUT2D eigenvalue weighted by Crippen LogP contribution is -1.91. The predicted octanol–water partition coefficient (Wildman–Crippen LogP) is 2.99. The third-order valence-corrected chi connectivity index (χ3v) is 2.34. The van der Waals surface area contributed by atoms with Crippen LogP contribution in [0.25, 0.3) is 11.1 Å². The van der Waals surface area contributed by atoms with E-state index in [-0.39, 0.29) is 5.15 Å². The van der Waals surface area contributed by atoms with E-state index in [0.29, 0.717) is 15.8 Å². The van der Waals surface area contributed by atoms with Gasteiger partial charge in [-0.1, -0.05) is 23.8 Å². The first-order valence-corrected chi connectivity index (χ1v) is 4.82. The van der Waals surface area contributed by atoms with Crippen molar-refractivity contribution in [3.8, 4) is 11.1 Å². The third-order valence-electron chi connectivity index (χ3n) is 1.83. The fourth-order valence-electron chi connectivity index (χ4n) is 1.18. The first-order valence-electron chi connectivity index (χ1n) is 4.03. The second kappa shape index (κ2) is 4.04. The molecule has 0 aromatic carbocycles. The molecule has 2 aromatic rings. The molecule has 0 fully saturated rings. The van der Waals surface area contributed by atoms with Crippen LogP contribution >= 0.6 is 23.8 Å². The largest absolute Gasteiger partial charge is 0.266 e. The Kier molecular flexibility index (Phi) is 2.75. The van der Waals surface area contributed by atoms with E-state index < -0.39 is 5.82 Å². The van der Waals surface area contributed by atoms with E-state index in [1.54, 1.807) is 0 Å². The number of aromatic amines is 1. The summed E-state index contributed by atoms with van der Waals surface area (Å²) in [7, 11) is 0. The molecule has 2 heterocycles. The molecule has 0 atom stereocenters. The Morgan fingerprint density at radius 1 is 1.40 bits per heavy atom. The quantitative estimate of drug-likeness (QED) is 0.781. The Labute approximate surface area is 94.9 Å². The second-order valence-electron chi connectivity index (χ2n) is 2.79. The number of hydrogen-bond donors (Lipinski definition) is 1. The highest BCUT2D eigenvalue weighted by molar-refractivity contribution is 7.71. The second-order valence-corrected chi connectivity index (χ2v) is 3.58. The molecular formula is C9H5ClFN3S. The van der Waals surface area contributed by atoms with Gasteiger partial charge in [-0.25, -0.2) is 4.39 Å². The van der Waals surface area contributed by atoms with Crippen molar-refractivity contribution in [2.75, 3.05) is 0 Å². The zero-order chi connectivity index (χ0) is 10.8. The molecular weight excluding hydrogens is 237 g/mol. The zero-order valence-electron chi connectivity index (χ0n) is 7.37. The minimum atomic E-state index is -0.445. The molecule has 0 aliphatic rings. The number of H-pyrrole nitrogens is 1. The molecule has 0 amide bonds. The summed E-state index contributed by atoms with van der Waals surface area (Å²) in [4.78, 5) is 3.65. The number of aromatic nitrogens is 3. The Balaban J connectivity index is 2.69. The Morgan fingerprint density at radius 2 is 2.20 bits per heavy atom. The van der Waals surface area contributed by atoms with Crippen molar-refractivity contribution in [1.82, 2.24) is 15.2 Å². The molecule has 2 rings (SSSR count). The van der Waals surface area contributed by atoms with E-state index in [1.807, 2.05) is 0 Å². The van der Waals surface area contributed by atoms with Crippen molar-refractivity contribution >= 4 is 23.8 Å². The van der Waals surface area contributed by atoms with E-state index in [0.717, 1.165) is 6.20 Å². The minimum Gasteiger partial charge on any atom is -0.266 e. The van der Waals surface area contributed by atoms with E-state index in [9.17, 15) is 4.39 Å².